The summed E-state index contributed by atoms with van der Waals surface area (Å²) < 4.78 is 24.7. The molecule has 7 heteroatoms. The smallest absolute Gasteiger partial charge is 0.150 e. The summed E-state index contributed by atoms with van der Waals surface area (Å²) in [4.78, 5) is 0. The number of nitrogens with one attached hydrogen (secondary N) is 1. The number of hydrogen-bond acceptors (Lipinski definition) is 4. The van der Waals surface area contributed by atoms with Crippen LogP contribution in [0.2, 0.25) is 5.02 Å². The molecule has 1 fully saturated rings. The van der Waals surface area contributed by atoms with Gasteiger partial charge in [0.15, 0.2) is 9.84 Å². The van der Waals surface area contributed by atoms with E-state index >= 15 is 0 Å². The summed E-state index contributed by atoms with van der Waals surface area (Å²) in [7, 11) is 0.753. The third-order valence-electron chi connectivity index (χ3n) is 3.28. The van der Waals surface area contributed by atoms with Crippen LogP contribution in [0.3, 0.4) is 0 Å². The second-order valence-corrected chi connectivity index (χ2v) is 7.07. The minimum Gasteiger partial charge on any atom is -0.311 e. The van der Waals surface area contributed by atoms with E-state index < -0.39 is 9.84 Å². The molecule has 0 amide bonds. The molecule has 2 rings (SSSR count). The second-order valence-electron chi connectivity index (χ2n) is 4.43. The summed E-state index contributed by atoms with van der Waals surface area (Å²) in [5.41, 5.74) is 0.858. The highest BCUT2D eigenvalue weighted by Gasteiger charge is 2.35. The first-order valence-electron chi connectivity index (χ1n) is 5.49. The molecular weight excluding hydrogens is 262 g/mol. The van der Waals surface area contributed by atoms with Gasteiger partial charge in [0.2, 0.25) is 0 Å². The number of nitrogens with zero attached hydrogens (tertiary/aromatic N) is 2. The van der Waals surface area contributed by atoms with Gasteiger partial charge in [-0.05, 0) is 19.4 Å². The lowest BCUT2D eigenvalue weighted by Crippen LogP contribution is -2.28. The third kappa shape index (κ3) is 2.48. The highest BCUT2D eigenvalue weighted by Crippen LogP contribution is 2.34. The summed E-state index contributed by atoms with van der Waals surface area (Å²) in [6.07, 6.45) is 2.26. The molecule has 0 aliphatic carbocycles. The van der Waals surface area contributed by atoms with Crippen LogP contribution in [-0.4, -0.2) is 36.8 Å². The first-order chi connectivity index (χ1) is 7.94. The molecule has 2 atom stereocenters. The Balaban J connectivity index is 2.29. The van der Waals surface area contributed by atoms with Crippen molar-refractivity contribution in [3.8, 4) is 0 Å². The minimum atomic E-state index is -2.88. The fourth-order valence-electron chi connectivity index (χ4n) is 2.45. The van der Waals surface area contributed by atoms with Crippen LogP contribution in [0.25, 0.3) is 0 Å². The number of aryl methyl sites for hydroxylation is 1. The quantitative estimate of drug-likeness (QED) is 0.886. The van der Waals surface area contributed by atoms with Crippen molar-refractivity contribution in [2.45, 2.75) is 12.5 Å². The van der Waals surface area contributed by atoms with Gasteiger partial charge in [-0.3, -0.25) is 4.68 Å². The van der Waals surface area contributed by atoms with E-state index in [4.69, 9.17) is 11.6 Å². The van der Waals surface area contributed by atoms with E-state index in [1.54, 1.807) is 10.9 Å². The number of sulfone groups is 1. The van der Waals surface area contributed by atoms with Crippen LogP contribution < -0.4 is 5.32 Å². The van der Waals surface area contributed by atoms with Gasteiger partial charge in [0.25, 0.3) is 0 Å². The molecule has 0 radical (unpaired) electrons. The lowest BCUT2D eigenvalue weighted by molar-refractivity contribution is 0.396. The van der Waals surface area contributed by atoms with Gasteiger partial charge in [0.1, 0.15) is 0 Å². The molecule has 1 N–H and O–H groups in total. The average Bonchev–Trinajstić information content (AvgIpc) is 2.76. The summed E-state index contributed by atoms with van der Waals surface area (Å²) >= 11 is 6.10. The van der Waals surface area contributed by atoms with Crippen LogP contribution in [-0.2, 0) is 16.9 Å². The van der Waals surface area contributed by atoms with E-state index in [2.05, 4.69) is 10.4 Å². The molecule has 96 valence electrons. The van der Waals surface area contributed by atoms with E-state index in [9.17, 15) is 8.42 Å². The van der Waals surface area contributed by atoms with Gasteiger partial charge >= 0.3 is 0 Å². The van der Waals surface area contributed by atoms with Crippen molar-refractivity contribution in [3.05, 3.63) is 16.9 Å². The summed E-state index contributed by atoms with van der Waals surface area (Å²) in [6, 6.07) is -0.0627. The second kappa shape index (κ2) is 4.59. The maximum absolute atomic E-state index is 11.5. The molecular formula is C10H16ClN3O2S. The largest absolute Gasteiger partial charge is 0.311 e. The Morgan fingerprint density at radius 3 is 2.76 bits per heavy atom. The van der Waals surface area contributed by atoms with Crippen molar-refractivity contribution in [3.63, 3.8) is 0 Å². The van der Waals surface area contributed by atoms with Crippen molar-refractivity contribution in [2.75, 3.05) is 18.6 Å². The lowest BCUT2D eigenvalue weighted by atomic mass is 9.96. The number of hydrogen-bond donors (Lipinski definition) is 1. The van der Waals surface area contributed by atoms with Crippen LogP contribution in [0.4, 0.5) is 0 Å². The van der Waals surface area contributed by atoms with Gasteiger partial charge in [-0.1, -0.05) is 11.6 Å². The molecule has 1 aliphatic rings. The topological polar surface area (TPSA) is 64.0 Å². The van der Waals surface area contributed by atoms with Gasteiger partial charge in [0.05, 0.1) is 34.5 Å². The third-order valence-corrected chi connectivity index (χ3v) is 5.37. The highest BCUT2D eigenvalue weighted by atomic mass is 35.5. The van der Waals surface area contributed by atoms with E-state index in [-0.39, 0.29) is 23.5 Å². The Morgan fingerprint density at radius 2 is 2.35 bits per heavy atom. The molecule has 2 heterocycles. The van der Waals surface area contributed by atoms with Crippen molar-refractivity contribution >= 4 is 21.4 Å². The highest BCUT2D eigenvalue weighted by molar-refractivity contribution is 7.91. The van der Waals surface area contributed by atoms with E-state index in [0.29, 0.717) is 11.4 Å². The fourth-order valence-corrected chi connectivity index (χ4v) is 4.58. The van der Waals surface area contributed by atoms with Crippen molar-refractivity contribution < 1.29 is 8.42 Å². The van der Waals surface area contributed by atoms with Crippen LogP contribution in [0.5, 0.6) is 0 Å². The molecule has 1 saturated heterocycles. The lowest BCUT2D eigenvalue weighted by Gasteiger charge is -2.22. The Kier molecular flexibility index (Phi) is 3.47. The Labute approximate surface area is 106 Å². The molecule has 0 spiro atoms. The minimum absolute atomic E-state index is 0.0627. The first-order valence-corrected chi connectivity index (χ1v) is 7.69. The predicted molar refractivity (Wildman–Crippen MR) is 66.8 cm³/mol. The van der Waals surface area contributed by atoms with Crippen LogP contribution in [0.1, 0.15) is 18.2 Å². The summed E-state index contributed by atoms with van der Waals surface area (Å²) in [5.74, 6) is 0.559. The Morgan fingerprint density at radius 1 is 1.65 bits per heavy atom. The zero-order chi connectivity index (χ0) is 12.6. The molecule has 1 aromatic heterocycles. The SMILES string of the molecule is CNC(c1c(Cl)cnn1C)C1CCS(=O)(=O)C1. The first kappa shape index (κ1) is 12.9. The van der Waals surface area contributed by atoms with Crippen LogP contribution in [0, 0.1) is 5.92 Å². The van der Waals surface area contributed by atoms with Crippen LogP contribution in [0.15, 0.2) is 6.20 Å². The van der Waals surface area contributed by atoms with Crippen molar-refractivity contribution in [1.82, 2.24) is 15.1 Å². The summed E-state index contributed by atoms with van der Waals surface area (Å²) in [6.45, 7) is 0. The zero-order valence-electron chi connectivity index (χ0n) is 9.85. The van der Waals surface area contributed by atoms with Crippen molar-refractivity contribution in [1.29, 1.82) is 0 Å². The average molecular weight is 278 g/mol. The van der Waals surface area contributed by atoms with Gasteiger partial charge in [-0.2, -0.15) is 5.10 Å². The molecule has 0 aromatic carbocycles. The Bertz CT molecular complexity index is 492. The molecule has 2 unspecified atom stereocenters. The normalized spacial score (nSPS) is 25.0. The number of halogens is 1. The maximum atomic E-state index is 11.5. The van der Waals surface area contributed by atoms with Crippen LogP contribution >= 0.6 is 11.6 Å². The predicted octanol–water partition coefficient (Wildman–Crippen LogP) is 0.769. The van der Waals surface area contributed by atoms with E-state index in [0.717, 1.165) is 5.69 Å². The zero-order valence-corrected chi connectivity index (χ0v) is 11.4. The standard InChI is InChI=1S/C10H16ClN3O2S/c1-12-9(7-3-4-17(15,16)6-7)10-8(11)5-13-14(10)2/h5,7,9,12H,3-4,6H2,1-2H3. The molecule has 1 aliphatic heterocycles. The van der Waals surface area contributed by atoms with Gasteiger partial charge in [-0.25, -0.2) is 8.42 Å². The van der Waals surface area contributed by atoms with Gasteiger partial charge < -0.3 is 5.32 Å². The molecule has 17 heavy (non-hydrogen) atoms. The number of aromatic nitrogens is 2. The monoisotopic (exact) mass is 277 g/mol. The maximum Gasteiger partial charge on any atom is 0.150 e. The van der Waals surface area contributed by atoms with E-state index in [1.165, 1.54) is 0 Å². The molecule has 1 aromatic rings. The number of rotatable bonds is 3. The fraction of sp³-hybridized carbons (Fsp3) is 0.700. The van der Waals surface area contributed by atoms with E-state index in [1.807, 2.05) is 14.1 Å². The van der Waals surface area contributed by atoms with Gasteiger partial charge in [0, 0.05) is 7.05 Å². The molecule has 0 bridgehead atoms. The molecule has 5 nitrogen and oxygen atoms in total. The molecule has 0 saturated carbocycles. The Hall–Kier alpha value is -0.590. The summed E-state index contributed by atoms with van der Waals surface area (Å²) in [5, 5.41) is 7.82. The van der Waals surface area contributed by atoms with Gasteiger partial charge in [-0.15, -0.1) is 0 Å². The van der Waals surface area contributed by atoms with Crippen molar-refractivity contribution in [2.24, 2.45) is 13.0 Å².